The molecule has 0 N–H and O–H groups in total. The zero-order valence-corrected chi connectivity index (χ0v) is 8.78. The molecule has 0 saturated heterocycles. The molecule has 0 spiro atoms. The van der Waals surface area contributed by atoms with Gasteiger partial charge in [-0.15, -0.1) is 0 Å². The molecule has 0 heterocycles. The Morgan fingerprint density at radius 2 is 2.07 bits per heavy atom. The van der Waals surface area contributed by atoms with Crippen LogP contribution in [0.25, 0.3) is 0 Å². The van der Waals surface area contributed by atoms with E-state index in [1.807, 2.05) is 13.8 Å². The molecule has 0 amide bonds. The van der Waals surface area contributed by atoms with Crippen LogP contribution in [-0.4, -0.2) is 17.8 Å². The van der Waals surface area contributed by atoms with Crippen LogP contribution in [0.4, 0.5) is 0 Å². The van der Waals surface area contributed by atoms with E-state index in [1.165, 1.54) is 0 Å². The van der Waals surface area contributed by atoms with Gasteiger partial charge >= 0.3 is 0 Å². The van der Waals surface area contributed by atoms with Crippen molar-refractivity contribution in [1.82, 2.24) is 0 Å². The molecule has 0 radical (unpaired) electrons. The van der Waals surface area contributed by atoms with Crippen LogP contribution in [0.3, 0.4) is 0 Å². The Kier molecular flexibility index (Phi) is 2.92. The lowest BCUT2D eigenvalue weighted by molar-refractivity contribution is -0.483. The first-order chi connectivity index (χ1) is 6.43. The van der Waals surface area contributed by atoms with Crippen LogP contribution in [0.15, 0.2) is 0 Å². The fourth-order valence-corrected chi connectivity index (χ4v) is 2.46. The number of carbonyl (C=O) groups is 1. The Balaban J connectivity index is 2.75. The van der Waals surface area contributed by atoms with Crippen molar-refractivity contribution in [3.8, 4) is 0 Å². The molecule has 0 unspecified atom stereocenters. The molecule has 14 heavy (non-hydrogen) atoms. The van der Waals surface area contributed by atoms with Gasteiger partial charge in [-0.3, -0.25) is 10.1 Å². The summed E-state index contributed by atoms with van der Waals surface area (Å²) in [4.78, 5) is 21.1. The van der Waals surface area contributed by atoms with Crippen molar-refractivity contribution >= 4 is 6.29 Å². The summed E-state index contributed by atoms with van der Waals surface area (Å²) in [6.45, 7) is 3.98. The van der Waals surface area contributed by atoms with Gasteiger partial charge in [-0.2, -0.15) is 0 Å². The van der Waals surface area contributed by atoms with Crippen LogP contribution in [-0.2, 0) is 4.79 Å². The number of hydrogen-bond acceptors (Lipinski definition) is 3. The fraction of sp³-hybridized carbons (Fsp3) is 0.900. The third kappa shape index (κ3) is 1.79. The number of nitrogens with zero attached hydrogens (tertiary/aromatic N) is 1. The highest BCUT2D eigenvalue weighted by atomic mass is 16.6. The number of nitro groups is 1. The quantitative estimate of drug-likeness (QED) is 0.395. The maximum absolute atomic E-state index is 11.1. The van der Waals surface area contributed by atoms with Gasteiger partial charge in [0.05, 0.1) is 0 Å². The van der Waals surface area contributed by atoms with Gasteiger partial charge in [0.2, 0.25) is 6.54 Å². The van der Waals surface area contributed by atoms with Crippen molar-refractivity contribution in [2.75, 3.05) is 6.54 Å². The summed E-state index contributed by atoms with van der Waals surface area (Å²) in [6, 6.07) is 0. The van der Waals surface area contributed by atoms with Gasteiger partial charge in [-0.1, -0.05) is 20.3 Å². The number of rotatable bonds is 4. The van der Waals surface area contributed by atoms with Gasteiger partial charge in [-0.25, -0.2) is 0 Å². The summed E-state index contributed by atoms with van der Waals surface area (Å²) in [5.74, 6) is 0. The Morgan fingerprint density at radius 3 is 2.43 bits per heavy atom. The van der Waals surface area contributed by atoms with E-state index in [0.29, 0.717) is 6.42 Å². The standard InChI is InChI=1S/C10H17NO3/c1-9(2)4-3-5-10(9,8-12)6-7-11(13)14/h8H,3-7H2,1-2H3/t10-/m1/s1. The fourth-order valence-electron chi connectivity index (χ4n) is 2.46. The maximum atomic E-state index is 11.1. The molecule has 4 nitrogen and oxygen atoms in total. The second-order valence-corrected chi connectivity index (χ2v) is 4.82. The van der Waals surface area contributed by atoms with Crippen LogP contribution in [0, 0.1) is 20.9 Å². The van der Waals surface area contributed by atoms with Crippen molar-refractivity contribution in [2.24, 2.45) is 10.8 Å². The van der Waals surface area contributed by atoms with Gasteiger partial charge in [0.1, 0.15) is 6.29 Å². The van der Waals surface area contributed by atoms with Gasteiger partial charge < -0.3 is 4.79 Å². The van der Waals surface area contributed by atoms with E-state index < -0.39 is 5.41 Å². The number of aldehydes is 1. The molecule has 1 rings (SSSR count). The molecule has 80 valence electrons. The smallest absolute Gasteiger partial charge is 0.204 e. The van der Waals surface area contributed by atoms with Crippen molar-refractivity contribution in [3.05, 3.63) is 10.1 Å². The summed E-state index contributed by atoms with van der Waals surface area (Å²) in [7, 11) is 0. The summed E-state index contributed by atoms with van der Waals surface area (Å²) in [5, 5.41) is 10.3. The minimum absolute atomic E-state index is 0.0786. The molecule has 1 fully saturated rings. The van der Waals surface area contributed by atoms with E-state index >= 15 is 0 Å². The molecule has 1 saturated carbocycles. The average molecular weight is 199 g/mol. The molecular formula is C10H17NO3. The lowest BCUT2D eigenvalue weighted by atomic mass is 9.67. The Bertz CT molecular complexity index is 250. The van der Waals surface area contributed by atoms with Gasteiger partial charge in [0.15, 0.2) is 0 Å². The zero-order valence-electron chi connectivity index (χ0n) is 8.78. The zero-order chi connectivity index (χ0) is 10.8. The highest BCUT2D eigenvalue weighted by molar-refractivity contribution is 5.61. The lowest BCUT2D eigenvalue weighted by Gasteiger charge is -2.35. The van der Waals surface area contributed by atoms with E-state index in [4.69, 9.17) is 0 Å². The summed E-state index contributed by atoms with van der Waals surface area (Å²) < 4.78 is 0. The van der Waals surface area contributed by atoms with Crippen LogP contribution in [0.1, 0.15) is 39.5 Å². The van der Waals surface area contributed by atoms with Gasteiger partial charge in [-0.05, 0) is 18.3 Å². The molecule has 0 bridgehead atoms. The summed E-state index contributed by atoms with van der Waals surface area (Å²) in [6.07, 6.45) is 4.13. The Labute approximate surface area is 83.8 Å². The van der Waals surface area contributed by atoms with E-state index in [9.17, 15) is 14.9 Å². The molecule has 1 aliphatic carbocycles. The first kappa shape index (κ1) is 11.1. The van der Waals surface area contributed by atoms with Crippen molar-refractivity contribution in [2.45, 2.75) is 39.5 Å². The van der Waals surface area contributed by atoms with Crippen LogP contribution < -0.4 is 0 Å². The molecule has 1 aliphatic rings. The molecule has 0 aromatic rings. The van der Waals surface area contributed by atoms with Crippen LogP contribution in [0.2, 0.25) is 0 Å². The largest absolute Gasteiger partial charge is 0.303 e. The van der Waals surface area contributed by atoms with Crippen LogP contribution >= 0.6 is 0 Å². The second-order valence-electron chi connectivity index (χ2n) is 4.82. The Morgan fingerprint density at radius 1 is 1.43 bits per heavy atom. The Hall–Kier alpha value is -0.930. The van der Waals surface area contributed by atoms with Gasteiger partial charge in [0, 0.05) is 16.8 Å². The highest BCUT2D eigenvalue weighted by Gasteiger charge is 2.49. The van der Waals surface area contributed by atoms with Crippen molar-refractivity contribution in [1.29, 1.82) is 0 Å². The maximum Gasteiger partial charge on any atom is 0.204 e. The predicted octanol–water partition coefficient (Wildman–Crippen LogP) is 2.05. The predicted molar refractivity (Wildman–Crippen MR) is 52.6 cm³/mol. The van der Waals surface area contributed by atoms with Crippen molar-refractivity contribution < 1.29 is 9.72 Å². The molecule has 0 aromatic heterocycles. The normalized spacial score (nSPS) is 30.1. The SMILES string of the molecule is CC1(C)CCC[C@]1(C=O)CC[N+](=O)[O-]. The summed E-state index contributed by atoms with van der Waals surface area (Å²) >= 11 is 0. The van der Waals surface area contributed by atoms with Gasteiger partial charge in [0.25, 0.3) is 0 Å². The van der Waals surface area contributed by atoms with E-state index in [0.717, 1.165) is 25.5 Å². The topological polar surface area (TPSA) is 60.2 Å². The monoisotopic (exact) mass is 199 g/mol. The lowest BCUT2D eigenvalue weighted by Crippen LogP contribution is -2.36. The molecule has 1 atom stereocenters. The highest BCUT2D eigenvalue weighted by Crippen LogP contribution is 2.53. The second kappa shape index (κ2) is 3.67. The number of carbonyl (C=O) groups excluding carboxylic acids is 1. The van der Waals surface area contributed by atoms with E-state index in [1.54, 1.807) is 0 Å². The number of hydrogen-bond donors (Lipinski definition) is 0. The minimum Gasteiger partial charge on any atom is -0.303 e. The summed E-state index contributed by atoms with van der Waals surface area (Å²) in [5.41, 5.74) is -0.537. The third-order valence-electron chi connectivity index (χ3n) is 3.74. The minimum atomic E-state index is -0.458. The first-order valence-corrected chi connectivity index (χ1v) is 5.02. The van der Waals surface area contributed by atoms with Crippen molar-refractivity contribution in [3.63, 3.8) is 0 Å². The molecule has 0 aliphatic heterocycles. The third-order valence-corrected chi connectivity index (χ3v) is 3.74. The van der Waals surface area contributed by atoms with E-state index in [2.05, 4.69) is 0 Å². The molecule has 0 aromatic carbocycles. The molecule has 4 heteroatoms. The van der Waals surface area contributed by atoms with E-state index in [-0.39, 0.29) is 16.9 Å². The first-order valence-electron chi connectivity index (χ1n) is 5.02. The van der Waals surface area contributed by atoms with Crippen LogP contribution in [0.5, 0.6) is 0 Å². The molecular weight excluding hydrogens is 182 g/mol. The average Bonchev–Trinajstić information content (AvgIpc) is 2.38.